The molecule has 0 aliphatic heterocycles. The van der Waals surface area contributed by atoms with Crippen molar-refractivity contribution >= 4 is 6.03 Å². The van der Waals surface area contributed by atoms with Crippen molar-refractivity contribution in [2.45, 2.75) is 0 Å². The predicted octanol–water partition coefficient (Wildman–Crippen LogP) is -1.27. The van der Waals surface area contributed by atoms with Crippen LogP contribution in [-0.4, -0.2) is 33.5 Å². The molecule has 0 spiro atoms. The standard InChI is InChI=1S/C2H6N2O4/c5-1-3-2(6)4(7)8/h5,7-8H,1H2,(H,3,6). The molecule has 0 aromatic heterocycles. The second kappa shape index (κ2) is 3.19. The van der Waals surface area contributed by atoms with Crippen LogP contribution in [0, 0.1) is 0 Å². The van der Waals surface area contributed by atoms with Gasteiger partial charge in [0.15, 0.2) is 0 Å². The van der Waals surface area contributed by atoms with Crippen LogP contribution in [0.3, 0.4) is 0 Å². The Morgan fingerprint density at radius 1 is 1.62 bits per heavy atom. The Bertz CT molecular complexity index is 82.1. The van der Waals surface area contributed by atoms with Gasteiger partial charge in [0.1, 0.15) is 6.73 Å². The number of amides is 2. The van der Waals surface area contributed by atoms with Gasteiger partial charge in [0.25, 0.3) is 0 Å². The number of hydrogen-bond donors (Lipinski definition) is 4. The number of rotatable bonds is 1. The molecule has 0 aliphatic rings. The number of aliphatic hydroxyl groups is 1. The Balaban J connectivity index is 3.33. The van der Waals surface area contributed by atoms with Gasteiger partial charge in [-0.3, -0.25) is 10.4 Å². The van der Waals surface area contributed by atoms with Gasteiger partial charge < -0.3 is 10.4 Å². The summed E-state index contributed by atoms with van der Waals surface area (Å²) in [4.78, 5) is 9.90. The number of aliphatic hydroxyl groups excluding tert-OH is 1. The van der Waals surface area contributed by atoms with Crippen molar-refractivity contribution in [3.05, 3.63) is 0 Å². The third-order valence-corrected chi connectivity index (χ3v) is 0.412. The number of nitrogens with zero attached hydrogens (tertiary/aromatic N) is 1. The fourth-order valence-corrected chi connectivity index (χ4v) is 0.138. The molecule has 0 atom stereocenters. The fraction of sp³-hybridized carbons (Fsp3) is 0.500. The highest BCUT2D eigenvalue weighted by Crippen LogP contribution is 1.71. The van der Waals surface area contributed by atoms with E-state index in [0.717, 1.165) is 0 Å². The molecule has 6 heteroatoms. The van der Waals surface area contributed by atoms with Crippen LogP contribution < -0.4 is 5.32 Å². The maximum absolute atomic E-state index is 9.90. The molecular formula is C2H6N2O4. The molecule has 0 aliphatic carbocycles. The molecule has 0 unspecified atom stereocenters. The number of carbonyl (C=O) groups excluding carboxylic acids is 1. The third-order valence-electron chi connectivity index (χ3n) is 0.412. The Morgan fingerprint density at radius 3 is 2.25 bits per heavy atom. The number of hydroxylamine groups is 2. The van der Waals surface area contributed by atoms with E-state index in [1.807, 2.05) is 0 Å². The Labute approximate surface area is 44.9 Å². The smallest absolute Gasteiger partial charge is 0.368 e. The lowest BCUT2D eigenvalue weighted by molar-refractivity contribution is -0.258. The zero-order valence-electron chi connectivity index (χ0n) is 3.90. The molecule has 0 fully saturated rings. The maximum Gasteiger partial charge on any atom is 0.368 e. The Morgan fingerprint density at radius 2 is 2.12 bits per heavy atom. The van der Waals surface area contributed by atoms with Gasteiger partial charge >= 0.3 is 6.03 Å². The number of hydrogen-bond acceptors (Lipinski definition) is 4. The maximum atomic E-state index is 9.90. The van der Waals surface area contributed by atoms with Gasteiger partial charge in [-0.25, -0.2) is 4.79 Å². The normalized spacial score (nSPS) is 8.38. The minimum absolute atomic E-state index is 0.629. The summed E-state index contributed by atoms with van der Waals surface area (Å²) in [5.41, 5.74) is 0. The summed E-state index contributed by atoms with van der Waals surface area (Å²) in [5.74, 6) is 0. The summed E-state index contributed by atoms with van der Waals surface area (Å²) in [6.07, 6.45) is 0. The number of nitrogens with one attached hydrogen (secondary N) is 1. The molecule has 0 saturated carbocycles. The van der Waals surface area contributed by atoms with Gasteiger partial charge in [0, 0.05) is 0 Å². The highest BCUT2D eigenvalue weighted by molar-refractivity contribution is 5.71. The van der Waals surface area contributed by atoms with Crippen LogP contribution in [0.1, 0.15) is 0 Å². The van der Waals surface area contributed by atoms with Crippen molar-refractivity contribution in [3.63, 3.8) is 0 Å². The summed E-state index contributed by atoms with van der Waals surface area (Å²) in [6, 6.07) is -1.17. The van der Waals surface area contributed by atoms with Gasteiger partial charge in [-0.15, -0.1) is 0 Å². The second-order valence-electron chi connectivity index (χ2n) is 0.929. The monoisotopic (exact) mass is 122 g/mol. The van der Waals surface area contributed by atoms with E-state index < -0.39 is 18.0 Å². The first-order valence-electron chi connectivity index (χ1n) is 1.75. The minimum atomic E-state index is -1.17. The average Bonchev–Trinajstić information content (AvgIpc) is 1.67. The van der Waals surface area contributed by atoms with Gasteiger partial charge in [0.2, 0.25) is 0 Å². The minimum Gasteiger partial charge on any atom is -0.376 e. The van der Waals surface area contributed by atoms with E-state index in [-0.39, 0.29) is 0 Å². The first-order chi connectivity index (χ1) is 3.68. The Hall–Kier alpha value is -0.850. The van der Waals surface area contributed by atoms with E-state index in [1.54, 1.807) is 5.32 Å². The zero-order valence-corrected chi connectivity index (χ0v) is 3.90. The van der Waals surface area contributed by atoms with Crippen LogP contribution in [0.2, 0.25) is 0 Å². The van der Waals surface area contributed by atoms with Crippen LogP contribution in [0.15, 0.2) is 0 Å². The van der Waals surface area contributed by atoms with Gasteiger partial charge in [0.05, 0.1) is 0 Å². The van der Waals surface area contributed by atoms with Gasteiger partial charge in [-0.05, 0) is 0 Å². The largest absolute Gasteiger partial charge is 0.376 e. The lowest BCUT2D eigenvalue weighted by Gasteiger charge is -2.03. The van der Waals surface area contributed by atoms with Crippen LogP contribution in [0.25, 0.3) is 0 Å². The van der Waals surface area contributed by atoms with E-state index in [0.29, 0.717) is 0 Å². The molecule has 0 heterocycles. The van der Waals surface area contributed by atoms with Crippen molar-refractivity contribution in [1.82, 2.24) is 10.5 Å². The fourth-order valence-electron chi connectivity index (χ4n) is 0.138. The van der Waals surface area contributed by atoms with Crippen molar-refractivity contribution in [2.24, 2.45) is 0 Å². The summed E-state index contributed by atoms with van der Waals surface area (Å²) in [7, 11) is 0. The number of urea groups is 1. The molecule has 0 rings (SSSR count). The topological polar surface area (TPSA) is 93.0 Å². The number of carbonyl (C=O) groups is 1. The van der Waals surface area contributed by atoms with E-state index in [2.05, 4.69) is 0 Å². The SMILES string of the molecule is O=C(NCO)N(O)O. The average molecular weight is 122 g/mol. The van der Waals surface area contributed by atoms with Gasteiger partial charge in [-0.2, -0.15) is 0 Å². The summed E-state index contributed by atoms with van der Waals surface area (Å²) in [5, 5.41) is 24.6. The molecule has 0 bridgehead atoms. The van der Waals surface area contributed by atoms with Crippen LogP contribution in [0.5, 0.6) is 0 Å². The molecule has 4 N–H and O–H groups in total. The summed E-state index contributed by atoms with van der Waals surface area (Å²) < 4.78 is 0. The van der Waals surface area contributed by atoms with Crippen molar-refractivity contribution in [1.29, 1.82) is 0 Å². The highest BCUT2D eigenvalue weighted by Gasteiger charge is 2.02. The van der Waals surface area contributed by atoms with Crippen LogP contribution in [-0.2, 0) is 0 Å². The predicted molar refractivity (Wildman–Crippen MR) is 21.0 cm³/mol. The second-order valence-corrected chi connectivity index (χ2v) is 0.929. The molecule has 0 radical (unpaired) electrons. The van der Waals surface area contributed by atoms with E-state index in [9.17, 15) is 4.79 Å². The van der Waals surface area contributed by atoms with Crippen molar-refractivity contribution < 1.29 is 20.3 Å². The van der Waals surface area contributed by atoms with E-state index >= 15 is 0 Å². The quantitative estimate of drug-likeness (QED) is 0.198. The molecule has 6 nitrogen and oxygen atoms in total. The molecule has 48 valence electrons. The van der Waals surface area contributed by atoms with Crippen molar-refractivity contribution in [3.8, 4) is 0 Å². The van der Waals surface area contributed by atoms with E-state index in [1.165, 1.54) is 0 Å². The third kappa shape index (κ3) is 2.35. The van der Waals surface area contributed by atoms with Gasteiger partial charge in [-0.1, -0.05) is 5.23 Å². The van der Waals surface area contributed by atoms with Crippen LogP contribution >= 0.6 is 0 Å². The lowest BCUT2D eigenvalue weighted by Crippen LogP contribution is -2.35. The molecule has 8 heavy (non-hydrogen) atoms. The van der Waals surface area contributed by atoms with Crippen molar-refractivity contribution in [2.75, 3.05) is 6.73 Å². The first-order valence-corrected chi connectivity index (χ1v) is 1.75. The molecule has 0 saturated heterocycles. The highest BCUT2D eigenvalue weighted by atomic mass is 16.8. The summed E-state index contributed by atoms with van der Waals surface area (Å²) in [6.45, 7) is -0.629. The molecule has 2 amide bonds. The zero-order chi connectivity index (χ0) is 6.57. The summed E-state index contributed by atoms with van der Waals surface area (Å²) >= 11 is 0. The Kier molecular flexibility index (Phi) is 2.85. The molecule has 0 aromatic rings. The molecule has 0 aromatic carbocycles. The first kappa shape index (κ1) is 7.15. The lowest BCUT2D eigenvalue weighted by atomic mass is 11.0. The van der Waals surface area contributed by atoms with E-state index in [4.69, 9.17) is 15.5 Å². The van der Waals surface area contributed by atoms with Crippen LogP contribution in [0.4, 0.5) is 4.79 Å². The molecular weight excluding hydrogens is 116 g/mol.